The average Bonchev–Trinajstić information content (AvgIpc) is 3.04. The van der Waals surface area contributed by atoms with Gasteiger partial charge in [0.1, 0.15) is 4.88 Å². The van der Waals surface area contributed by atoms with Crippen molar-refractivity contribution in [3.05, 3.63) is 57.8 Å². The Morgan fingerprint density at radius 3 is 2.17 bits per heavy atom. The van der Waals surface area contributed by atoms with Gasteiger partial charge in [-0.15, -0.1) is 11.3 Å². The fourth-order valence-electron chi connectivity index (χ4n) is 2.03. The van der Waals surface area contributed by atoms with Crippen molar-refractivity contribution >= 4 is 29.2 Å². The van der Waals surface area contributed by atoms with Crippen LogP contribution in [0.5, 0.6) is 0 Å². The number of aromatic carboxylic acids is 1. The fourth-order valence-corrected chi connectivity index (χ4v) is 2.85. The molecule has 0 unspecified atom stereocenters. The van der Waals surface area contributed by atoms with E-state index in [4.69, 9.17) is 10.2 Å². The third-order valence-electron chi connectivity index (χ3n) is 3.21. The maximum atomic E-state index is 12.6. The molecule has 0 spiro atoms. The van der Waals surface area contributed by atoms with Crippen LogP contribution in [0.4, 0.5) is 0 Å². The van der Waals surface area contributed by atoms with Crippen molar-refractivity contribution in [2.24, 2.45) is 0 Å². The van der Waals surface area contributed by atoms with E-state index in [1.807, 2.05) is 0 Å². The normalized spacial score (nSPS) is 11.7. The summed E-state index contributed by atoms with van der Waals surface area (Å²) in [7, 11) is 0. The Labute approximate surface area is 141 Å². The molecule has 0 saturated carbocycles. The monoisotopic (exact) mass is 349 g/mol. The summed E-state index contributed by atoms with van der Waals surface area (Å²) in [5.74, 6) is -3.10. The molecule has 1 amide bonds. The number of carboxylic acids is 2. The zero-order valence-electron chi connectivity index (χ0n) is 12.5. The Morgan fingerprint density at radius 2 is 1.62 bits per heavy atom. The predicted octanol–water partition coefficient (Wildman–Crippen LogP) is 1.53. The standard InChI is InChI=1S/C16H15NO6S/c18-11(15(20)21)9-17(8-10-4-2-1-3-5-10)14(19)12-6-7-13(24-12)16(22)23/h1-7,11,18H,8-9H2,(H,20,21)(H,22,23)/t11-/m1/s1. The van der Waals surface area contributed by atoms with Gasteiger partial charge < -0.3 is 20.2 Å². The number of benzene rings is 1. The van der Waals surface area contributed by atoms with Crippen LogP contribution in [0.2, 0.25) is 0 Å². The highest BCUT2D eigenvalue weighted by atomic mass is 32.1. The Kier molecular flexibility index (Phi) is 5.67. The largest absolute Gasteiger partial charge is 0.479 e. The summed E-state index contributed by atoms with van der Waals surface area (Å²) in [4.78, 5) is 35.8. The van der Waals surface area contributed by atoms with Gasteiger partial charge >= 0.3 is 11.9 Å². The number of aliphatic carboxylic acids is 1. The first-order valence-electron chi connectivity index (χ1n) is 6.95. The Morgan fingerprint density at radius 1 is 1.00 bits per heavy atom. The minimum absolute atomic E-state index is 0.0109. The van der Waals surface area contributed by atoms with Gasteiger partial charge in [-0.1, -0.05) is 30.3 Å². The lowest BCUT2D eigenvalue weighted by Gasteiger charge is -2.23. The van der Waals surface area contributed by atoms with Crippen LogP contribution < -0.4 is 0 Å². The van der Waals surface area contributed by atoms with E-state index in [0.29, 0.717) is 0 Å². The molecule has 126 valence electrons. The number of thiophene rings is 1. The topological polar surface area (TPSA) is 115 Å². The lowest BCUT2D eigenvalue weighted by atomic mass is 10.2. The lowest BCUT2D eigenvalue weighted by molar-refractivity contribution is -0.147. The van der Waals surface area contributed by atoms with Gasteiger partial charge in [-0.05, 0) is 17.7 Å². The second-order valence-electron chi connectivity index (χ2n) is 4.99. The molecule has 0 aliphatic carbocycles. The van der Waals surface area contributed by atoms with Gasteiger partial charge in [0.25, 0.3) is 5.91 Å². The molecule has 1 heterocycles. The van der Waals surface area contributed by atoms with Crippen molar-refractivity contribution in [2.75, 3.05) is 6.54 Å². The van der Waals surface area contributed by atoms with Crippen molar-refractivity contribution < 1.29 is 29.7 Å². The average molecular weight is 349 g/mol. The molecule has 2 aromatic rings. The van der Waals surface area contributed by atoms with Crippen molar-refractivity contribution in [1.29, 1.82) is 0 Å². The summed E-state index contributed by atoms with van der Waals surface area (Å²) in [6.45, 7) is -0.298. The molecule has 7 nitrogen and oxygen atoms in total. The molecule has 1 aromatic heterocycles. The lowest BCUT2D eigenvalue weighted by Crippen LogP contribution is -2.40. The summed E-state index contributed by atoms with van der Waals surface area (Å²) >= 11 is 0.804. The summed E-state index contributed by atoms with van der Waals surface area (Å²) in [6, 6.07) is 11.6. The molecule has 0 aliphatic rings. The predicted molar refractivity (Wildman–Crippen MR) is 86.1 cm³/mol. The second kappa shape index (κ2) is 7.71. The number of hydrogen-bond acceptors (Lipinski definition) is 5. The molecule has 8 heteroatoms. The molecule has 0 aliphatic heterocycles. The number of carbonyl (C=O) groups is 3. The van der Waals surface area contributed by atoms with E-state index in [0.717, 1.165) is 16.9 Å². The third kappa shape index (κ3) is 4.40. The molecule has 0 fully saturated rings. The second-order valence-corrected chi connectivity index (χ2v) is 6.08. The number of amides is 1. The van der Waals surface area contributed by atoms with E-state index in [1.165, 1.54) is 17.0 Å². The number of carbonyl (C=O) groups excluding carboxylic acids is 1. The summed E-state index contributed by atoms with van der Waals surface area (Å²) in [5.41, 5.74) is 0.762. The third-order valence-corrected chi connectivity index (χ3v) is 4.27. The van der Waals surface area contributed by atoms with Crippen LogP contribution in [0.3, 0.4) is 0 Å². The minimum Gasteiger partial charge on any atom is -0.479 e. The van der Waals surface area contributed by atoms with Crippen molar-refractivity contribution in [1.82, 2.24) is 4.90 Å². The summed E-state index contributed by atoms with van der Waals surface area (Å²) in [5, 5.41) is 27.4. The van der Waals surface area contributed by atoms with Gasteiger partial charge in [0.05, 0.1) is 11.4 Å². The van der Waals surface area contributed by atoms with Gasteiger partial charge in [0, 0.05) is 6.54 Å². The summed E-state index contributed by atoms with van der Waals surface area (Å²) in [6.07, 6.45) is -1.73. The van der Waals surface area contributed by atoms with E-state index < -0.39 is 30.5 Å². The first kappa shape index (κ1) is 17.6. The van der Waals surface area contributed by atoms with E-state index in [-0.39, 0.29) is 16.3 Å². The molecule has 3 N–H and O–H groups in total. The van der Waals surface area contributed by atoms with E-state index in [9.17, 15) is 19.5 Å². The zero-order valence-corrected chi connectivity index (χ0v) is 13.3. The van der Waals surface area contributed by atoms with Gasteiger partial charge in [-0.25, -0.2) is 9.59 Å². The van der Waals surface area contributed by atoms with Crippen molar-refractivity contribution in [2.45, 2.75) is 12.6 Å². The van der Waals surface area contributed by atoms with Crippen LogP contribution in [-0.4, -0.2) is 50.7 Å². The Hall–Kier alpha value is -2.71. The van der Waals surface area contributed by atoms with Gasteiger partial charge in [0.2, 0.25) is 0 Å². The van der Waals surface area contributed by atoms with Gasteiger partial charge in [0.15, 0.2) is 6.10 Å². The SMILES string of the molecule is O=C(O)c1ccc(C(=O)N(Cc2ccccc2)C[C@@H](O)C(=O)O)s1. The molecule has 2 rings (SSSR count). The van der Waals surface area contributed by atoms with Crippen molar-refractivity contribution in [3.63, 3.8) is 0 Å². The van der Waals surface area contributed by atoms with E-state index in [2.05, 4.69) is 0 Å². The number of hydrogen-bond donors (Lipinski definition) is 3. The minimum atomic E-state index is -1.73. The highest BCUT2D eigenvalue weighted by Crippen LogP contribution is 2.20. The van der Waals surface area contributed by atoms with Gasteiger partial charge in [-0.2, -0.15) is 0 Å². The maximum Gasteiger partial charge on any atom is 0.345 e. The number of carboxylic acid groups (broad SMARTS) is 2. The van der Waals surface area contributed by atoms with Crippen LogP contribution >= 0.6 is 11.3 Å². The van der Waals surface area contributed by atoms with E-state index in [1.54, 1.807) is 30.3 Å². The number of nitrogens with zero attached hydrogens (tertiary/aromatic N) is 1. The quantitative estimate of drug-likeness (QED) is 0.698. The Balaban J connectivity index is 2.24. The van der Waals surface area contributed by atoms with Crippen LogP contribution in [0.1, 0.15) is 24.9 Å². The molecule has 0 saturated heterocycles. The first-order valence-corrected chi connectivity index (χ1v) is 7.77. The van der Waals surface area contributed by atoms with Crippen LogP contribution in [0.15, 0.2) is 42.5 Å². The first-order chi connectivity index (χ1) is 11.4. The molecular weight excluding hydrogens is 334 g/mol. The Bertz CT molecular complexity index is 742. The smallest absolute Gasteiger partial charge is 0.345 e. The van der Waals surface area contributed by atoms with Crippen LogP contribution in [-0.2, 0) is 11.3 Å². The molecule has 0 bridgehead atoms. The van der Waals surface area contributed by atoms with Crippen molar-refractivity contribution in [3.8, 4) is 0 Å². The number of aliphatic hydroxyl groups excluding tert-OH is 1. The molecular formula is C16H15NO6S. The zero-order chi connectivity index (χ0) is 17.7. The highest BCUT2D eigenvalue weighted by Gasteiger charge is 2.24. The molecule has 24 heavy (non-hydrogen) atoms. The van der Waals surface area contributed by atoms with Crippen LogP contribution in [0.25, 0.3) is 0 Å². The van der Waals surface area contributed by atoms with Gasteiger partial charge in [-0.3, -0.25) is 4.79 Å². The maximum absolute atomic E-state index is 12.6. The van der Waals surface area contributed by atoms with E-state index >= 15 is 0 Å². The summed E-state index contributed by atoms with van der Waals surface area (Å²) < 4.78 is 0. The molecule has 0 radical (unpaired) electrons. The molecule has 1 aromatic carbocycles. The van der Waals surface area contributed by atoms with Crippen LogP contribution in [0, 0.1) is 0 Å². The number of aliphatic hydroxyl groups is 1. The highest BCUT2D eigenvalue weighted by molar-refractivity contribution is 7.15. The number of rotatable bonds is 7. The fraction of sp³-hybridized carbons (Fsp3) is 0.188. The molecule has 1 atom stereocenters.